The molecule has 1 aromatic carbocycles. The highest BCUT2D eigenvalue weighted by atomic mass is 16.5. The van der Waals surface area contributed by atoms with Crippen molar-refractivity contribution in [3.05, 3.63) is 35.4 Å². The molecule has 0 heterocycles. The van der Waals surface area contributed by atoms with Crippen LogP contribution in [-0.4, -0.2) is 24.1 Å². The third-order valence-corrected chi connectivity index (χ3v) is 2.67. The molecule has 1 aliphatic carbocycles. The summed E-state index contributed by atoms with van der Waals surface area (Å²) in [4.78, 5) is 0. The van der Waals surface area contributed by atoms with Gasteiger partial charge >= 0.3 is 0 Å². The quantitative estimate of drug-likeness (QED) is 0.543. The third-order valence-electron chi connectivity index (χ3n) is 2.67. The van der Waals surface area contributed by atoms with Gasteiger partial charge in [-0.2, -0.15) is 0 Å². The molecule has 3 nitrogen and oxygen atoms in total. The maximum atomic E-state index is 8.95. The van der Waals surface area contributed by atoms with Crippen LogP contribution in [0.2, 0.25) is 0 Å². The molecule has 0 spiro atoms. The number of hydrogen-bond acceptors (Lipinski definition) is 3. The summed E-state index contributed by atoms with van der Waals surface area (Å²) in [5.74, 6) is 0. The summed E-state index contributed by atoms with van der Waals surface area (Å²) in [6.45, 7) is 0. The maximum absolute atomic E-state index is 8.95. The highest BCUT2D eigenvalue weighted by Gasteiger charge is 2.25. The number of aryl methyl sites for hydroxylation is 1. The predicted molar refractivity (Wildman–Crippen MR) is 53.9 cm³/mol. The first-order chi connectivity index (χ1) is 6.86. The van der Waals surface area contributed by atoms with E-state index in [0.29, 0.717) is 5.71 Å². The lowest BCUT2D eigenvalue weighted by Gasteiger charge is -2.24. The van der Waals surface area contributed by atoms with Crippen LogP contribution in [0.5, 0.6) is 0 Å². The Morgan fingerprint density at radius 2 is 2.21 bits per heavy atom. The van der Waals surface area contributed by atoms with E-state index >= 15 is 0 Å². The van der Waals surface area contributed by atoms with Crippen molar-refractivity contribution in [1.29, 1.82) is 0 Å². The summed E-state index contributed by atoms with van der Waals surface area (Å²) in [6.07, 6.45) is 1.79. The van der Waals surface area contributed by atoms with Crippen molar-refractivity contribution < 1.29 is 9.94 Å². The van der Waals surface area contributed by atoms with Crippen molar-refractivity contribution in [2.75, 3.05) is 7.11 Å². The number of ether oxygens (including phenoxy) is 1. The maximum Gasteiger partial charge on any atom is 0.116 e. The van der Waals surface area contributed by atoms with E-state index in [9.17, 15) is 0 Å². The molecule has 0 radical (unpaired) electrons. The Kier molecular flexibility index (Phi) is 2.50. The van der Waals surface area contributed by atoms with E-state index in [1.54, 1.807) is 7.11 Å². The molecule has 1 aromatic rings. The first kappa shape index (κ1) is 9.21. The van der Waals surface area contributed by atoms with E-state index in [0.717, 1.165) is 18.4 Å². The fraction of sp³-hybridized carbons (Fsp3) is 0.364. The lowest BCUT2D eigenvalue weighted by atomic mass is 9.88. The summed E-state index contributed by atoms with van der Waals surface area (Å²) < 4.78 is 5.26. The second-order valence-corrected chi connectivity index (χ2v) is 3.41. The highest BCUT2D eigenvalue weighted by Crippen LogP contribution is 2.23. The summed E-state index contributed by atoms with van der Waals surface area (Å²) in [6, 6.07) is 7.98. The first-order valence-electron chi connectivity index (χ1n) is 4.70. The smallest absolute Gasteiger partial charge is 0.116 e. The van der Waals surface area contributed by atoms with Gasteiger partial charge < -0.3 is 9.94 Å². The third kappa shape index (κ3) is 1.40. The van der Waals surface area contributed by atoms with E-state index in [-0.39, 0.29) is 6.10 Å². The van der Waals surface area contributed by atoms with Crippen molar-refractivity contribution in [2.24, 2.45) is 5.16 Å². The van der Waals surface area contributed by atoms with Crippen molar-refractivity contribution >= 4 is 5.71 Å². The Hall–Kier alpha value is -1.35. The van der Waals surface area contributed by atoms with Gasteiger partial charge in [-0.1, -0.05) is 29.4 Å². The summed E-state index contributed by atoms with van der Waals surface area (Å²) in [5, 5.41) is 12.3. The molecule has 0 aliphatic heterocycles. The van der Waals surface area contributed by atoms with Crippen LogP contribution in [-0.2, 0) is 11.2 Å². The van der Waals surface area contributed by atoms with Crippen LogP contribution >= 0.6 is 0 Å². The zero-order valence-electron chi connectivity index (χ0n) is 8.10. The van der Waals surface area contributed by atoms with Gasteiger partial charge in [0.15, 0.2) is 0 Å². The van der Waals surface area contributed by atoms with E-state index in [1.165, 1.54) is 5.56 Å². The normalized spacial score (nSPS) is 23.5. The molecule has 1 atom stereocenters. The fourth-order valence-corrected chi connectivity index (χ4v) is 1.93. The van der Waals surface area contributed by atoms with Gasteiger partial charge in [0.05, 0.1) is 0 Å². The van der Waals surface area contributed by atoms with E-state index in [4.69, 9.17) is 9.94 Å². The molecule has 0 aromatic heterocycles. The van der Waals surface area contributed by atoms with Crippen LogP contribution in [0.3, 0.4) is 0 Å². The van der Waals surface area contributed by atoms with Crippen LogP contribution in [0.15, 0.2) is 29.4 Å². The molecule has 1 unspecified atom stereocenters. The number of fused-ring (bicyclic) bond motifs is 1. The molecule has 0 bridgehead atoms. The zero-order valence-corrected chi connectivity index (χ0v) is 8.10. The number of methoxy groups -OCH3 is 1. The molecule has 14 heavy (non-hydrogen) atoms. The largest absolute Gasteiger partial charge is 0.411 e. The van der Waals surface area contributed by atoms with Crippen LogP contribution in [0, 0.1) is 0 Å². The van der Waals surface area contributed by atoms with Crippen LogP contribution in [0.1, 0.15) is 17.5 Å². The summed E-state index contributed by atoms with van der Waals surface area (Å²) in [5.41, 5.74) is 2.89. The summed E-state index contributed by atoms with van der Waals surface area (Å²) in [7, 11) is 1.64. The molecule has 1 aliphatic rings. The van der Waals surface area contributed by atoms with Gasteiger partial charge in [0.1, 0.15) is 11.8 Å². The fourth-order valence-electron chi connectivity index (χ4n) is 1.93. The lowest BCUT2D eigenvalue weighted by Crippen LogP contribution is -2.29. The molecule has 2 rings (SSSR count). The van der Waals surface area contributed by atoms with Gasteiger partial charge in [-0.25, -0.2) is 0 Å². The SMILES string of the molecule is COC1CCc2ccccc2/C1=N/O. The summed E-state index contributed by atoms with van der Waals surface area (Å²) >= 11 is 0. The molecule has 1 N–H and O–H groups in total. The average molecular weight is 191 g/mol. The van der Waals surface area contributed by atoms with E-state index < -0.39 is 0 Å². The average Bonchev–Trinajstić information content (AvgIpc) is 2.27. The van der Waals surface area contributed by atoms with Gasteiger partial charge in [0.25, 0.3) is 0 Å². The number of oxime groups is 1. The number of hydrogen-bond donors (Lipinski definition) is 1. The number of nitrogens with zero attached hydrogens (tertiary/aromatic N) is 1. The van der Waals surface area contributed by atoms with Crippen LogP contribution < -0.4 is 0 Å². The first-order valence-corrected chi connectivity index (χ1v) is 4.70. The minimum atomic E-state index is -0.0742. The lowest BCUT2D eigenvalue weighted by molar-refractivity contribution is 0.142. The Bertz CT molecular complexity index is 360. The van der Waals surface area contributed by atoms with Crippen molar-refractivity contribution in [3.63, 3.8) is 0 Å². The second-order valence-electron chi connectivity index (χ2n) is 3.41. The van der Waals surface area contributed by atoms with E-state index in [1.807, 2.05) is 18.2 Å². The predicted octanol–water partition coefficient (Wildman–Crippen LogP) is 1.83. The van der Waals surface area contributed by atoms with E-state index in [2.05, 4.69) is 11.2 Å². The Morgan fingerprint density at radius 1 is 1.43 bits per heavy atom. The molecule has 74 valence electrons. The van der Waals surface area contributed by atoms with Gasteiger partial charge in [0, 0.05) is 12.7 Å². The van der Waals surface area contributed by atoms with Crippen molar-refractivity contribution in [3.8, 4) is 0 Å². The van der Waals surface area contributed by atoms with Crippen molar-refractivity contribution in [1.82, 2.24) is 0 Å². The number of rotatable bonds is 1. The van der Waals surface area contributed by atoms with Gasteiger partial charge in [0.2, 0.25) is 0 Å². The molecule has 0 amide bonds. The number of benzene rings is 1. The molecular weight excluding hydrogens is 178 g/mol. The Morgan fingerprint density at radius 3 is 2.93 bits per heavy atom. The second kappa shape index (κ2) is 3.80. The minimum absolute atomic E-state index is 0.0742. The monoisotopic (exact) mass is 191 g/mol. The molecular formula is C11H13NO2. The Balaban J connectivity index is 2.45. The molecule has 0 fully saturated rings. The standard InChI is InChI=1S/C11H13NO2/c1-14-10-7-6-8-4-2-3-5-9(8)11(10)12-13/h2-5,10,13H,6-7H2,1H3/b12-11-. The van der Waals surface area contributed by atoms with Gasteiger partial charge in [-0.15, -0.1) is 0 Å². The highest BCUT2D eigenvalue weighted by molar-refractivity contribution is 6.05. The van der Waals surface area contributed by atoms with Crippen LogP contribution in [0.4, 0.5) is 0 Å². The minimum Gasteiger partial charge on any atom is -0.411 e. The van der Waals surface area contributed by atoms with Crippen LogP contribution in [0.25, 0.3) is 0 Å². The topological polar surface area (TPSA) is 41.8 Å². The zero-order chi connectivity index (χ0) is 9.97. The van der Waals surface area contributed by atoms with Crippen molar-refractivity contribution in [2.45, 2.75) is 18.9 Å². The molecule has 0 saturated carbocycles. The molecule has 0 saturated heterocycles. The Labute approximate surface area is 83.0 Å². The van der Waals surface area contributed by atoms with Gasteiger partial charge in [-0.3, -0.25) is 0 Å². The van der Waals surface area contributed by atoms with Gasteiger partial charge in [-0.05, 0) is 18.4 Å². The molecule has 3 heteroatoms.